The highest BCUT2D eigenvalue weighted by atomic mass is 127. The minimum Gasteiger partial charge on any atom is -0.380 e. The molecular formula is C13H28IN3OS. The predicted molar refractivity (Wildman–Crippen MR) is 95.9 cm³/mol. The summed E-state index contributed by atoms with van der Waals surface area (Å²) in [5, 5.41) is 6.68. The maximum absolute atomic E-state index is 5.24. The molecular weight excluding hydrogens is 373 g/mol. The van der Waals surface area contributed by atoms with Gasteiger partial charge >= 0.3 is 0 Å². The number of hydrogen-bond donors (Lipinski definition) is 2. The Morgan fingerprint density at radius 3 is 2.58 bits per heavy atom. The van der Waals surface area contributed by atoms with Gasteiger partial charge in [0.25, 0.3) is 0 Å². The van der Waals surface area contributed by atoms with E-state index in [0.29, 0.717) is 0 Å². The van der Waals surface area contributed by atoms with Crippen LogP contribution < -0.4 is 10.6 Å². The molecule has 4 nitrogen and oxygen atoms in total. The van der Waals surface area contributed by atoms with E-state index >= 15 is 0 Å². The highest BCUT2D eigenvalue weighted by Gasteiger charge is 2.33. The van der Waals surface area contributed by atoms with Crippen molar-refractivity contribution >= 4 is 41.7 Å². The lowest BCUT2D eigenvalue weighted by molar-refractivity contribution is -0.0945. The van der Waals surface area contributed by atoms with E-state index < -0.39 is 0 Å². The molecule has 2 N–H and O–H groups in total. The summed E-state index contributed by atoms with van der Waals surface area (Å²) in [6.07, 6.45) is 4.62. The van der Waals surface area contributed by atoms with Crippen molar-refractivity contribution in [2.24, 2.45) is 10.4 Å². The number of guanidine groups is 1. The van der Waals surface area contributed by atoms with Gasteiger partial charge in [0.2, 0.25) is 0 Å². The first-order chi connectivity index (χ1) is 8.70. The Morgan fingerprint density at radius 2 is 2.05 bits per heavy atom. The van der Waals surface area contributed by atoms with Gasteiger partial charge in [-0.25, -0.2) is 0 Å². The summed E-state index contributed by atoms with van der Waals surface area (Å²) in [5.74, 6) is 2.18. The molecule has 1 rings (SSSR count). The molecule has 1 fully saturated rings. The minimum atomic E-state index is 0. The van der Waals surface area contributed by atoms with Gasteiger partial charge in [-0.15, -0.1) is 24.0 Å². The normalized spacial score (nSPS) is 17.3. The van der Waals surface area contributed by atoms with E-state index in [0.717, 1.165) is 38.8 Å². The molecule has 1 aliphatic rings. The first-order valence-electron chi connectivity index (χ1n) is 6.79. The first-order valence-corrected chi connectivity index (χ1v) is 8.18. The van der Waals surface area contributed by atoms with Crippen LogP contribution in [0.3, 0.4) is 0 Å². The Labute approximate surface area is 138 Å². The molecule has 19 heavy (non-hydrogen) atoms. The van der Waals surface area contributed by atoms with Crippen LogP contribution in [0.25, 0.3) is 0 Å². The van der Waals surface area contributed by atoms with Crippen LogP contribution in [0, 0.1) is 5.41 Å². The zero-order valence-corrected chi connectivity index (χ0v) is 15.5. The fraction of sp³-hybridized carbons (Fsp3) is 0.923. The van der Waals surface area contributed by atoms with Crippen molar-refractivity contribution in [3.05, 3.63) is 0 Å². The van der Waals surface area contributed by atoms with Crippen molar-refractivity contribution < 1.29 is 4.74 Å². The molecule has 0 radical (unpaired) electrons. The molecule has 0 aromatic heterocycles. The molecule has 0 amide bonds. The summed E-state index contributed by atoms with van der Waals surface area (Å²) in [7, 11) is 0. The summed E-state index contributed by atoms with van der Waals surface area (Å²) < 4.78 is 5.24. The van der Waals surface area contributed by atoms with Gasteiger partial charge in [-0.05, 0) is 31.8 Å². The van der Waals surface area contributed by atoms with Gasteiger partial charge in [0.1, 0.15) is 0 Å². The van der Waals surface area contributed by atoms with Crippen LogP contribution in [0.4, 0.5) is 0 Å². The Morgan fingerprint density at radius 1 is 1.32 bits per heavy atom. The second kappa shape index (κ2) is 11.0. The Kier molecular flexibility index (Phi) is 11.2. The maximum Gasteiger partial charge on any atom is 0.191 e. The van der Waals surface area contributed by atoms with E-state index in [-0.39, 0.29) is 29.4 Å². The summed E-state index contributed by atoms with van der Waals surface area (Å²) in [6.45, 7) is 8.74. The monoisotopic (exact) mass is 401 g/mol. The van der Waals surface area contributed by atoms with E-state index in [9.17, 15) is 0 Å². The number of nitrogens with one attached hydrogen (secondary N) is 2. The minimum absolute atomic E-state index is 0. The number of hydrogen-bond acceptors (Lipinski definition) is 3. The van der Waals surface area contributed by atoms with Crippen LogP contribution in [0.2, 0.25) is 0 Å². The second-order valence-corrected chi connectivity index (χ2v) is 6.11. The average molecular weight is 401 g/mol. The fourth-order valence-electron chi connectivity index (χ4n) is 1.73. The zero-order valence-electron chi connectivity index (χ0n) is 12.3. The van der Waals surface area contributed by atoms with Crippen LogP contribution in [0.1, 0.15) is 26.7 Å². The highest BCUT2D eigenvalue weighted by molar-refractivity contribution is 14.0. The van der Waals surface area contributed by atoms with Crippen LogP contribution in [-0.4, -0.2) is 50.8 Å². The summed E-state index contributed by atoms with van der Waals surface area (Å²) in [4.78, 5) is 4.63. The second-order valence-electron chi connectivity index (χ2n) is 5.13. The van der Waals surface area contributed by atoms with Gasteiger partial charge in [-0.1, -0.05) is 6.92 Å². The number of aliphatic imine (C=N–C) groups is 1. The highest BCUT2D eigenvalue weighted by Crippen LogP contribution is 2.26. The van der Waals surface area contributed by atoms with E-state index in [1.54, 1.807) is 0 Å². The first kappa shape index (κ1) is 19.3. The number of halogens is 1. The van der Waals surface area contributed by atoms with Crippen molar-refractivity contribution in [3.8, 4) is 0 Å². The molecule has 1 saturated heterocycles. The van der Waals surface area contributed by atoms with Gasteiger partial charge < -0.3 is 15.4 Å². The van der Waals surface area contributed by atoms with Crippen molar-refractivity contribution in [1.29, 1.82) is 0 Å². The van der Waals surface area contributed by atoms with E-state index in [4.69, 9.17) is 4.74 Å². The van der Waals surface area contributed by atoms with Gasteiger partial charge in [0.05, 0.1) is 19.8 Å². The van der Waals surface area contributed by atoms with Crippen LogP contribution in [0.5, 0.6) is 0 Å². The number of ether oxygens (including phenoxy) is 1. The van der Waals surface area contributed by atoms with Gasteiger partial charge in [-0.3, -0.25) is 4.99 Å². The van der Waals surface area contributed by atoms with E-state index in [1.165, 1.54) is 18.6 Å². The lowest BCUT2D eigenvalue weighted by atomic mass is 9.89. The third kappa shape index (κ3) is 8.24. The molecule has 1 heterocycles. The van der Waals surface area contributed by atoms with Gasteiger partial charge in [0.15, 0.2) is 5.96 Å². The fourth-order valence-corrected chi connectivity index (χ4v) is 2.22. The Balaban J connectivity index is 0.00000324. The quantitative estimate of drug-likeness (QED) is 0.284. The number of unbranched alkanes of at least 4 members (excludes halogenated alkanes) is 1. The average Bonchev–Trinajstić information content (AvgIpc) is 2.33. The van der Waals surface area contributed by atoms with Crippen molar-refractivity contribution in [1.82, 2.24) is 10.6 Å². The largest absolute Gasteiger partial charge is 0.380 e. The van der Waals surface area contributed by atoms with Gasteiger partial charge in [0, 0.05) is 18.5 Å². The third-order valence-corrected chi connectivity index (χ3v) is 3.63. The van der Waals surface area contributed by atoms with Crippen molar-refractivity contribution in [3.63, 3.8) is 0 Å². The number of rotatable bonds is 8. The summed E-state index contributed by atoms with van der Waals surface area (Å²) in [6, 6.07) is 0. The molecule has 0 unspecified atom stereocenters. The maximum atomic E-state index is 5.24. The number of thioether (sulfide) groups is 1. The van der Waals surface area contributed by atoms with E-state index in [2.05, 4.69) is 35.7 Å². The molecule has 0 aliphatic carbocycles. The molecule has 0 aromatic rings. The SMILES string of the molecule is CCNC(=NCC1(C)COC1)NCCCCSC.I. The van der Waals surface area contributed by atoms with Crippen LogP contribution in [0.15, 0.2) is 4.99 Å². The van der Waals surface area contributed by atoms with Crippen molar-refractivity contribution in [2.45, 2.75) is 26.7 Å². The molecule has 6 heteroatoms. The van der Waals surface area contributed by atoms with E-state index in [1.807, 2.05) is 11.8 Å². The Hall–Kier alpha value is 0.310. The molecule has 114 valence electrons. The van der Waals surface area contributed by atoms with Gasteiger partial charge in [-0.2, -0.15) is 11.8 Å². The molecule has 0 bridgehead atoms. The number of nitrogens with zero attached hydrogens (tertiary/aromatic N) is 1. The van der Waals surface area contributed by atoms with Crippen LogP contribution >= 0.6 is 35.7 Å². The molecule has 1 aliphatic heterocycles. The summed E-state index contributed by atoms with van der Waals surface area (Å²) >= 11 is 1.91. The molecule has 0 saturated carbocycles. The summed E-state index contributed by atoms with van der Waals surface area (Å²) in [5.41, 5.74) is 0.251. The lowest BCUT2D eigenvalue weighted by Crippen LogP contribution is -2.44. The molecule has 0 spiro atoms. The molecule has 0 aromatic carbocycles. The standard InChI is InChI=1S/C13H27N3OS.HI/c1-4-14-12(15-7-5-6-8-18-3)16-9-13(2)10-17-11-13;/h4-11H2,1-3H3,(H2,14,15,16);1H. The van der Waals surface area contributed by atoms with Crippen molar-refractivity contribution in [2.75, 3.05) is 44.9 Å². The molecule has 0 atom stereocenters. The topological polar surface area (TPSA) is 45.7 Å². The smallest absolute Gasteiger partial charge is 0.191 e. The van der Waals surface area contributed by atoms with Crippen LogP contribution in [-0.2, 0) is 4.74 Å². The third-order valence-electron chi connectivity index (χ3n) is 2.93. The Bertz CT molecular complexity index is 260. The lowest BCUT2D eigenvalue weighted by Gasteiger charge is -2.36. The zero-order chi connectivity index (χ0) is 13.3. The predicted octanol–water partition coefficient (Wildman–Crippen LogP) is 2.34.